The lowest BCUT2D eigenvalue weighted by atomic mass is 10.1. The van der Waals surface area contributed by atoms with E-state index in [2.05, 4.69) is 0 Å². The van der Waals surface area contributed by atoms with Gasteiger partial charge in [0.1, 0.15) is 5.75 Å². The van der Waals surface area contributed by atoms with E-state index in [1.54, 1.807) is 0 Å². The molecular formula is C12H10F6O3. The van der Waals surface area contributed by atoms with Gasteiger partial charge in [-0.05, 0) is 24.6 Å². The standard InChI is InChI=1S/C12H10F6O3/c13-11(14,15)4-1-5-21-7-2-3-9(12(16,17)18)8(6-7)10(19)20/h2-3,6H,1,4-5H2,(H,19,20). The van der Waals surface area contributed by atoms with Crippen LogP contribution < -0.4 is 4.74 Å². The summed E-state index contributed by atoms with van der Waals surface area (Å²) < 4.78 is 78.1. The lowest BCUT2D eigenvalue weighted by molar-refractivity contribution is -0.138. The SMILES string of the molecule is O=C(O)c1cc(OCCCC(F)(F)F)ccc1C(F)(F)F. The molecule has 0 aliphatic rings. The Kier molecular flexibility index (Phi) is 5.08. The molecule has 0 aromatic heterocycles. The van der Waals surface area contributed by atoms with Gasteiger partial charge < -0.3 is 9.84 Å². The molecule has 0 fully saturated rings. The van der Waals surface area contributed by atoms with E-state index in [0.717, 1.165) is 6.07 Å². The number of carboxylic acids is 1. The van der Waals surface area contributed by atoms with E-state index in [1.807, 2.05) is 0 Å². The van der Waals surface area contributed by atoms with Crippen LogP contribution in [-0.2, 0) is 6.18 Å². The van der Waals surface area contributed by atoms with Crippen molar-refractivity contribution in [1.82, 2.24) is 0 Å². The first-order valence-corrected chi connectivity index (χ1v) is 5.65. The molecule has 0 spiro atoms. The number of carboxylic acid groups (broad SMARTS) is 1. The third-order valence-electron chi connectivity index (χ3n) is 2.40. The number of hydrogen-bond donors (Lipinski definition) is 1. The normalized spacial score (nSPS) is 12.3. The van der Waals surface area contributed by atoms with Crippen molar-refractivity contribution in [3.8, 4) is 5.75 Å². The third kappa shape index (κ3) is 5.52. The second-order valence-corrected chi connectivity index (χ2v) is 4.08. The van der Waals surface area contributed by atoms with Gasteiger partial charge in [-0.2, -0.15) is 26.3 Å². The van der Waals surface area contributed by atoms with Crippen molar-refractivity contribution >= 4 is 5.97 Å². The number of aromatic carboxylic acids is 1. The van der Waals surface area contributed by atoms with Crippen LogP contribution in [0.25, 0.3) is 0 Å². The number of rotatable bonds is 5. The van der Waals surface area contributed by atoms with E-state index in [9.17, 15) is 31.1 Å². The molecule has 118 valence electrons. The lowest BCUT2D eigenvalue weighted by Crippen LogP contribution is -2.13. The Morgan fingerprint density at radius 1 is 1.14 bits per heavy atom. The zero-order chi connectivity index (χ0) is 16.3. The maximum Gasteiger partial charge on any atom is 0.417 e. The Hall–Kier alpha value is -1.93. The van der Waals surface area contributed by atoms with E-state index >= 15 is 0 Å². The molecule has 1 aromatic rings. The summed E-state index contributed by atoms with van der Waals surface area (Å²) in [6.45, 7) is -0.385. The van der Waals surface area contributed by atoms with Crippen LogP contribution in [0.2, 0.25) is 0 Å². The molecule has 0 radical (unpaired) electrons. The maximum absolute atomic E-state index is 12.5. The van der Waals surface area contributed by atoms with Crippen molar-refractivity contribution in [3.63, 3.8) is 0 Å². The minimum Gasteiger partial charge on any atom is -0.494 e. The van der Waals surface area contributed by atoms with Crippen LogP contribution in [0.5, 0.6) is 5.75 Å². The molecule has 1 N–H and O–H groups in total. The van der Waals surface area contributed by atoms with Gasteiger partial charge >= 0.3 is 18.3 Å². The van der Waals surface area contributed by atoms with Crippen LogP contribution in [0, 0.1) is 0 Å². The zero-order valence-electron chi connectivity index (χ0n) is 10.4. The van der Waals surface area contributed by atoms with Gasteiger partial charge in [-0.25, -0.2) is 4.79 Å². The molecular weight excluding hydrogens is 306 g/mol. The predicted octanol–water partition coefficient (Wildman–Crippen LogP) is 4.12. The van der Waals surface area contributed by atoms with Crippen molar-refractivity contribution in [2.45, 2.75) is 25.2 Å². The molecule has 0 aliphatic carbocycles. The maximum atomic E-state index is 12.5. The largest absolute Gasteiger partial charge is 0.494 e. The van der Waals surface area contributed by atoms with Crippen LogP contribution in [0.15, 0.2) is 18.2 Å². The number of alkyl halides is 6. The fourth-order valence-corrected chi connectivity index (χ4v) is 1.50. The van der Waals surface area contributed by atoms with Gasteiger partial charge in [0.15, 0.2) is 0 Å². The summed E-state index contributed by atoms with van der Waals surface area (Å²) in [5, 5.41) is 8.73. The number of halogens is 6. The third-order valence-corrected chi connectivity index (χ3v) is 2.40. The first-order chi connectivity index (χ1) is 9.50. The number of hydrogen-bond acceptors (Lipinski definition) is 2. The molecule has 0 amide bonds. The van der Waals surface area contributed by atoms with Crippen molar-refractivity contribution in [2.75, 3.05) is 6.61 Å². The topological polar surface area (TPSA) is 46.5 Å². The Labute approximate surface area is 115 Å². The summed E-state index contributed by atoms with van der Waals surface area (Å²) >= 11 is 0. The van der Waals surface area contributed by atoms with Gasteiger partial charge in [0.2, 0.25) is 0 Å². The molecule has 0 saturated carbocycles. The van der Waals surface area contributed by atoms with Crippen LogP contribution in [-0.4, -0.2) is 23.9 Å². The molecule has 1 aromatic carbocycles. The number of ether oxygens (including phenoxy) is 1. The van der Waals surface area contributed by atoms with Gasteiger partial charge in [0.25, 0.3) is 0 Å². The van der Waals surface area contributed by atoms with Crippen LogP contribution in [0.4, 0.5) is 26.3 Å². The Bertz CT molecular complexity index is 507. The van der Waals surface area contributed by atoms with E-state index in [4.69, 9.17) is 9.84 Å². The summed E-state index contributed by atoms with van der Waals surface area (Å²) in [4.78, 5) is 10.8. The average molecular weight is 316 g/mol. The van der Waals surface area contributed by atoms with Crippen LogP contribution >= 0.6 is 0 Å². The van der Waals surface area contributed by atoms with E-state index < -0.39 is 35.9 Å². The number of benzene rings is 1. The fraction of sp³-hybridized carbons (Fsp3) is 0.417. The second kappa shape index (κ2) is 6.23. The summed E-state index contributed by atoms with van der Waals surface area (Å²) in [6, 6.07) is 2.02. The molecule has 3 nitrogen and oxygen atoms in total. The molecule has 0 bridgehead atoms. The highest BCUT2D eigenvalue weighted by atomic mass is 19.4. The fourth-order valence-electron chi connectivity index (χ4n) is 1.50. The predicted molar refractivity (Wildman–Crippen MR) is 59.2 cm³/mol. The molecule has 0 unspecified atom stereocenters. The number of carbonyl (C=O) groups is 1. The first-order valence-electron chi connectivity index (χ1n) is 5.65. The van der Waals surface area contributed by atoms with Crippen molar-refractivity contribution in [1.29, 1.82) is 0 Å². The Morgan fingerprint density at radius 2 is 1.76 bits per heavy atom. The van der Waals surface area contributed by atoms with Gasteiger partial charge in [-0.15, -0.1) is 0 Å². The highest BCUT2D eigenvalue weighted by molar-refractivity contribution is 5.90. The molecule has 0 saturated heterocycles. The molecule has 1 rings (SSSR count). The van der Waals surface area contributed by atoms with Crippen LogP contribution in [0.1, 0.15) is 28.8 Å². The summed E-state index contributed by atoms with van der Waals surface area (Å²) in [5.74, 6) is -2.04. The summed E-state index contributed by atoms with van der Waals surface area (Å²) in [6.07, 6.45) is -10.7. The van der Waals surface area contributed by atoms with Gasteiger partial charge in [0, 0.05) is 6.42 Å². The average Bonchev–Trinajstić information content (AvgIpc) is 2.32. The van der Waals surface area contributed by atoms with Crippen LogP contribution in [0.3, 0.4) is 0 Å². The molecule has 0 atom stereocenters. The molecule has 21 heavy (non-hydrogen) atoms. The lowest BCUT2D eigenvalue weighted by Gasteiger charge is -2.13. The molecule has 0 heterocycles. The quantitative estimate of drug-likeness (QED) is 0.656. The highest BCUT2D eigenvalue weighted by Crippen LogP contribution is 2.34. The van der Waals surface area contributed by atoms with Crippen molar-refractivity contribution in [2.24, 2.45) is 0 Å². The van der Waals surface area contributed by atoms with E-state index in [-0.39, 0.29) is 18.8 Å². The summed E-state index contributed by atoms with van der Waals surface area (Å²) in [7, 11) is 0. The Morgan fingerprint density at radius 3 is 2.24 bits per heavy atom. The van der Waals surface area contributed by atoms with Crippen molar-refractivity contribution < 1.29 is 41.0 Å². The van der Waals surface area contributed by atoms with Gasteiger partial charge in [-0.3, -0.25) is 0 Å². The minimum atomic E-state index is -4.84. The van der Waals surface area contributed by atoms with Crippen molar-refractivity contribution in [3.05, 3.63) is 29.3 Å². The van der Waals surface area contributed by atoms with Gasteiger partial charge in [-0.1, -0.05) is 0 Å². The summed E-state index contributed by atoms with van der Waals surface area (Å²) in [5.41, 5.74) is -2.37. The first kappa shape index (κ1) is 17.1. The molecule has 9 heteroatoms. The monoisotopic (exact) mass is 316 g/mol. The van der Waals surface area contributed by atoms with E-state index in [1.165, 1.54) is 0 Å². The highest BCUT2D eigenvalue weighted by Gasteiger charge is 2.35. The minimum absolute atomic E-state index is 0.234. The zero-order valence-corrected chi connectivity index (χ0v) is 10.4. The van der Waals surface area contributed by atoms with E-state index in [0.29, 0.717) is 12.1 Å². The smallest absolute Gasteiger partial charge is 0.417 e. The second-order valence-electron chi connectivity index (χ2n) is 4.08. The molecule has 0 aliphatic heterocycles. The van der Waals surface area contributed by atoms with Gasteiger partial charge in [0.05, 0.1) is 17.7 Å². The Balaban J connectivity index is 2.78.